The summed E-state index contributed by atoms with van der Waals surface area (Å²) in [5, 5.41) is 9.46. The maximum Gasteiger partial charge on any atom is 0.416 e. The second-order valence-corrected chi connectivity index (χ2v) is 3.62. The van der Waals surface area contributed by atoms with Gasteiger partial charge in [-0.25, -0.2) is 0 Å². The molecule has 0 aliphatic carbocycles. The number of nitrogens with two attached hydrogens (primary N) is 1. The number of hydrogen-bond donors (Lipinski definition) is 2. The van der Waals surface area contributed by atoms with Crippen LogP contribution in [0.1, 0.15) is 30.5 Å². The first kappa shape index (κ1) is 16.2. The van der Waals surface area contributed by atoms with Crippen molar-refractivity contribution in [3.63, 3.8) is 0 Å². The Hall–Kier alpha value is -0.780. The molecule has 0 aromatic heterocycles. The molecular formula is C11H15ClF3NO. The molecule has 98 valence electrons. The predicted octanol–water partition coefficient (Wildman–Crippen LogP) is 2.90. The summed E-state index contributed by atoms with van der Waals surface area (Å²) in [6.07, 6.45) is -4.62. The fourth-order valence-corrected chi connectivity index (χ4v) is 1.37. The molecule has 0 fully saturated rings. The molecule has 0 aliphatic rings. The zero-order valence-corrected chi connectivity index (χ0v) is 10.1. The molecule has 0 radical (unpaired) electrons. The normalized spacial score (nSPS) is 14.9. The first-order valence-corrected chi connectivity index (χ1v) is 4.97. The molecule has 6 heteroatoms. The lowest BCUT2D eigenvalue weighted by molar-refractivity contribution is -0.137. The van der Waals surface area contributed by atoms with Gasteiger partial charge in [0.1, 0.15) is 0 Å². The number of aliphatic hydroxyl groups excluding tert-OH is 1. The molecule has 0 saturated carbocycles. The number of alkyl halides is 3. The molecule has 0 aliphatic heterocycles. The second kappa shape index (κ2) is 6.23. The average Bonchev–Trinajstić information content (AvgIpc) is 2.26. The summed E-state index contributed by atoms with van der Waals surface area (Å²) in [7, 11) is 0. The van der Waals surface area contributed by atoms with Gasteiger partial charge in [-0.2, -0.15) is 13.2 Å². The Balaban J connectivity index is 0.00000256. The molecule has 0 unspecified atom stereocenters. The van der Waals surface area contributed by atoms with Gasteiger partial charge >= 0.3 is 6.18 Å². The van der Waals surface area contributed by atoms with Gasteiger partial charge < -0.3 is 10.8 Å². The van der Waals surface area contributed by atoms with Gasteiger partial charge in [-0.05, 0) is 24.1 Å². The van der Waals surface area contributed by atoms with Crippen molar-refractivity contribution in [1.82, 2.24) is 0 Å². The fraction of sp³-hybridized carbons (Fsp3) is 0.455. The molecule has 1 rings (SSSR count). The van der Waals surface area contributed by atoms with Crippen LogP contribution in [0.15, 0.2) is 24.3 Å². The van der Waals surface area contributed by atoms with Crippen molar-refractivity contribution in [2.24, 2.45) is 5.73 Å². The topological polar surface area (TPSA) is 46.2 Å². The van der Waals surface area contributed by atoms with Gasteiger partial charge in [0.05, 0.1) is 17.7 Å². The van der Waals surface area contributed by atoms with Crippen molar-refractivity contribution in [1.29, 1.82) is 0 Å². The molecule has 0 spiro atoms. The van der Waals surface area contributed by atoms with Gasteiger partial charge in [0, 0.05) is 0 Å². The number of rotatable bonds is 3. The maximum absolute atomic E-state index is 12.3. The van der Waals surface area contributed by atoms with Crippen LogP contribution in [0.2, 0.25) is 0 Å². The van der Waals surface area contributed by atoms with Crippen molar-refractivity contribution < 1.29 is 18.3 Å². The Morgan fingerprint density at radius 3 is 2.06 bits per heavy atom. The summed E-state index contributed by atoms with van der Waals surface area (Å²) in [5.74, 6) is 0. The predicted molar refractivity (Wildman–Crippen MR) is 61.9 cm³/mol. The molecule has 0 heterocycles. The van der Waals surface area contributed by atoms with E-state index >= 15 is 0 Å². The van der Waals surface area contributed by atoms with E-state index in [9.17, 15) is 18.3 Å². The van der Waals surface area contributed by atoms with Crippen LogP contribution in [0, 0.1) is 0 Å². The van der Waals surface area contributed by atoms with E-state index in [-0.39, 0.29) is 12.4 Å². The lowest BCUT2D eigenvalue weighted by Crippen LogP contribution is -2.25. The highest BCUT2D eigenvalue weighted by molar-refractivity contribution is 5.85. The number of halogens is 4. The van der Waals surface area contributed by atoms with Crippen LogP contribution in [0.4, 0.5) is 13.2 Å². The van der Waals surface area contributed by atoms with Gasteiger partial charge in [0.15, 0.2) is 0 Å². The van der Waals surface area contributed by atoms with Crippen molar-refractivity contribution >= 4 is 12.4 Å². The van der Waals surface area contributed by atoms with Crippen molar-refractivity contribution in [2.45, 2.75) is 31.7 Å². The van der Waals surface area contributed by atoms with Crippen LogP contribution in [0.3, 0.4) is 0 Å². The lowest BCUT2D eigenvalue weighted by atomic mass is 9.99. The summed E-state index contributed by atoms with van der Waals surface area (Å²) in [6.45, 7) is 1.76. The Kier molecular flexibility index (Phi) is 5.95. The van der Waals surface area contributed by atoms with E-state index in [1.54, 1.807) is 6.92 Å². The van der Waals surface area contributed by atoms with E-state index in [2.05, 4.69) is 0 Å². The standard InChI is InChI=1S/C11H14F3NO.ClH/c1-2-9(16)10(15)7-3-5-8(6-4-7)11(12,13)14;/h3-6,9-10,16H,2,15H2,1H3;1H/t9-,10+;/m1./s1. The molecule has 3 N–H and O–H groups in total. The van der Waals surface area contributed by atoms with Gasteiger partial charge in [0.25, 0.3) is 0 Å². The molecule has 0 amide bonds. The molecule has 1 aromatic rings. The van der Waals surface area contributed by atoms with E-state index < -0.39 is 23.9 Å². The van der Waals surface area contributed by atoms with Gasteiger partial charge in [-0.15, -0.1) is 12.4 Å². The molecule has 2 atom stereocenters. The monoisotopic (exact) mass is 269 g/mol. The third-order valence-electron chi connectivity index (χ3n) is 2.46. The number of aliphatic hydroxyl groups is 1. The summed E-state index contributed by atoms with van der Waals surface area (Å²) < 4.78 is 36.8. The van der Waals surface area contributed by atoms with E-state index in [1.165, 1.54) is 12.1 Å². The van der Waals surface area contributed by atoms with E-state index in [0.29, 0.717) is 12.0 Å². The van der Waals surface area contributed by atoms with Crippen molar-refractivity contribution in [3.05, 3.63) is 35.4 Å². The lowest BCUT2D eigenvalue weighted by Gasteiger charge is -2.18. The van der Waals surface area contributed by atoms with Gasteiger partial charge in [0.2, 0.25) is 0 Å². The summed E-state index contributed by atoms with van der Waals surface area (Å²) >= 11 is 0. The Morgan fingerprint density at radius 1 is 1.24 bits per heavy atom. The molecule has 17 heavy (non-hydrogen) atoms. The highest BCUT2D eigenvalue weighted by Gasteiger charge is 2.30. The largest absolute Gasteiger partial charge is 0.416 e. The molecule has 2 nitrogen and oxygen atoms in total. The molecule has 0 saturated heterocycles. The third-order valence-corrected chi connectivity index (χ3v) is 2.46. The van der Waals surface area contributed by atoms with Crippen LogP contribution in [0.25, 0.3) is 0 Å². The number of benzene rings is 1. The molecule has 0 bridgehead atoms. The Labute approximate surface area is 104 Å². The summed E-state index contributed by atoms with van der Waals surface area (Å²) in [5.41, 5.74) is 5.47. The second-order valence-electron chi connectivity index (χ2n) is 3.62. The summed E-state index contributed by atoms with van der Waals surface area (Å²) in [4.78, 5) is 0. The van der Waals surface area contributed by atoms with E-state index in [4.69, 9.17) is 5.73 Å². The minimum Gasteiger partial charge on any atom is -0.391 e. The van der Waals surface area contributed by atoms with E-state index in [1.807, 2.05) is 0 Å². The molecular weight excluding hydrogens is 255 g/mol. The highest BCUT2D eigenvalue weighted by atomic mass is 35.5. The third kappa shape index (κ3) is 4.18. The van der Waals surface area contributed by atoms with Crippen molar-refractivity contribution in [2.75, 3.05) is 0 Å². The van der Waals surface area contributed by atoms with Crippen LogP contribution >= 0.6 is 12.4 Å². The fourth-order valence-electron chi connectivity index (χ4n) is 1.37. The smallest absolute Gasteiger partial charge is 0.391 e. The zero-order valence-electron chi connectivity index (χ0n) is 9.24. The molecule has 1 aromatic carbocycles. The quantitative estimate of drug-likeness (QED) is 0.886. The zero-order chi connectivity index (χ0) is 12.3. The minimum atomic E-state index is -4.34. The van der Waals surface area contributed by atoms with Crippen LogP contribution in [-0.2, 0) is 6.18 Å². The van der Waals surface area contributed by atoms with E-state index in [0.717, 1.165) is 12.1 Å². The average molecular weight is 270 g/mol. The maximum atomic E-state index is 12.3. The SMILES string of the molecule is CC[C@@H](O)[C@@H](N)c1ccc(C(F)(F)F)cc1.Cl. The summed E-state index contributed by atoms with van der Waals surface area (Å²) in [6, 6.07) is 3.89. The Bertz CT molecular complexity index is 340. The number of hydrogen-bond acceptors (Lipinski definition) is 2. The van der Waals surface area contributed by atoms with Crippen LogP contribution < -0.4 is 5.73 Å². The first-order valence-electron chi connectivity index (χ1n) is 4.97. The Morgan fingerprint density at radius 2 is 1.71 bits per heavy atom. The van der Waals surface area contributed by atoms with Crippen LogP contribution in [0.5, 0.6) is 0 Å². The van der Waals surface area contributed by atoms with Gasteiger partial charge in [-0.1, -0.05) is 19.1 Å². The minimum absolute atomic E-state index is 0. The van der Waals surface area contributed by atoms with Crippen LogP contribution in [-0.4, -0.2) is 11.2 Å². The van der Waals surface area contributed by atoms with Gasteiger partial charge in [-0.3, -0.25) is 0 Å². The first-order chi connectivity index (χ1) is 7.36. The highest BCUT2D eigenvalue weighted by Crippen LogP contribution is 2.30. The van der Waals surface area contributed by atoms with Crippen molar-refractivity contribution in [3.8, 4) is 0 Å².